The van der Waals surface area contributed by atoms with Crippen molar-refractivity contribution in [3.05, 3.63) is 70.3 Å². The third-order valence-electron chi connectivity index (χ3n) is 4.95. The van der Waals surface area contributed by atoms with Gasteiger partial charge in [0, 0.05) is 11.5 Å². The lowest BCUT2D eigenvalue weighted by molar-refractivity contribution is 0.538. The molecule has 0 radical (unpaired) electrons. The molecular formula is C19H23N. The van der Waals surface area contributed by atoms with E-state index in [0.717, 1.165) is 0 Å². The van der Waals surface area contributed by atoms with Crippen molar-refractivity contribution in [1.82, 2.24) is 0 Å². The predicted octanol–water partition coefficient (Wildman–Crippen LogP) is 4.34. The van der Waals surface area contributed by atoms with Gasteiger partial charge >= 0.3 is 0 Å². The number of hydrogen-bond donors (Lipinski definition) is 1. The number of benzene rings is 2. The van der Waals surface area contributed by atoms with E-state index >= 15 is 0 Å². The predicted molar refractivity (Wildman–Crippen MR) is 84.9 cm³/mol. The van der Waals surface area contributed by atoms with Gasteiger partial charge in [-0.05, 0) is 61.4 Å². The molecule has 20 heavy (non-hydrogen) atoms. The number of hydrogen-bond acceptors (Lipinski definition) is 1. The molecule has 0 aromatic heterocycles. The van der Waals surface area contributed by atoms with Crippen LogP contribution in [0.15, 0.2) is 42.5 Å². The minimum Gasteiger partial charge on any atom is -0.323 e. The van der Waals surface area contributed by atoms with E-state index in [9.17, 15) is 0 Å². The fraction of sp³-hybridized carbons (Fsp3) is 0.368. The van der Waals surface area contributed by atoms with E-state index in [-0.39, 0.29) is 11.5 Å². The second kappa shape index (κ2) is 4.75. The summed E-state index contributed by atoms with van der Waals surface area (Å²) in [4.78, 5) is 0. The van der Waals surface area contributed by atoms with Gasteiger partial charge < -0.3 is 5.73 Å². The second-order valence-electron chi connectivity index (χ2n) is 6.29. The van der Waals surface area contributed by atoms with E-state index in [0.29, 0.717) is 0 Å². The molecule has 0 amide bonds. The monoisotopic (exact) mass is 265 g/mol. The summed E-state index contributed by atoms with van der Waals surface area (Å²) in [5.41, 5.74) is 13.6. The molecule has 1 saturated carbocycles. The van der Waals surface area contributed by atoms with Crippen molar-refractivity contribution in [3.63, 3.8) is 0 Å². The normalized spacial score (nSPS) is 17.8. The van der Waals surface area contributed by atoms with Crippen molar-refractivity contribution in [3.8, 4) is 0 Å². The van der Waals surface area contributed by atoms with Gasteiger partial charge in [-0.2, -0.15) is 0 Å². The van der Waals surface area contributed by atoms with Gasteiger partial charge in [-0.15, -0.1) is 0 Å². The molecule has 0 saturated heterocycles. The van der Waals surface area contributed by atoms with Crippen LogP contribution in [-0.2, 0) is 5.41 Å². The first-order valence-electron chi connectivity index (χ1n) is 7.43. The highest BCUT2D eigenvalue weighted by molar-refractivity contribution is 5.44. The fourth-order valence-electron chi connectivity index (χ4n) is 3.30. The summed E-state index contributed by atoms with van der Waals surface area (Å²) in [7, 11) is 0. The highest BCUT2D eigenvalue weighted by atomic mass is 14.7. The van der Waals surface area contributed by atoms with Crippen LogP contribution in [0.25, 0.3) is 0 Å². The molecule has 0 aliphatic heterocycles. The molecule has 1 heteroatoms. The van der Waals surface area contributed by atoms with E-state index in [1.807, 2.05) is 0 Å². The number of nitrogens with two attached hydrogens (primary N) is 1. The van der Waals surface area contributed by atoms with Crippen LogP contribution in [0, 0.1) is 20.8 Å². The first-order chi connectivity index (χ1) is 9.54. The van der Waals surface area contributed by atoms with Crippen LogP contribution in [0.5, 0.6) is 0 Å². The molecule has 0 spiro atoms. The van der Waals surface area contributed by atoms with Crippen molar-refractivity contribution in [2.24, 2.45) is 5.73 Å². The van der Waals surface area contributed by atoms with Crippen LogP contribution in [0.1, 0.15) is 46.7 Å². The molecule has 1 fully saturated rings. The van der Waals surface area contributed by atoms with E-state index in [1.54, 1.807) is 0 Å². The van der Waals surface area contributed by atoms with Crippen molar-refractivity contribution in [2.75, 3.05) is 0 Å². The lowest BCUT2D eigenvalue weighted by Gasteiger charge is -2.26. The summed E-state index contributed by atoms with van der Waals surface area (Å²) in [6, 6.07) is 15.4. The zero-order valence-electron chi connectivity index (χ0n) is 12.6. The number of rotatable bonds is 3. The van der Waals surface area contributed by atoms with Crippen LogP contribution in [0.4, 0.5) is 0 Å². The van der Waals surface area contributed by atoms with Gasteiger partial charge in [-0.1, -0.05) is 42.5 Å². The summed E-state index contributed by atoms with van der Waals surface area (Å²) in [5.74, 6) is 0. The molecule has 1 aliphatic carbocycles. The average molecular weight is 265 g/mol. The minimum absolute atomic E-state index is 0.101. The van der Waals surface area contributed by atoms with Crippen molar-refractivity contribution in [2.45, 2.75) is 45.1 Å². The molecule has 1 unspecified atom stereocenters. The SMILES string of the molecule is Cc1cc(C)c(C(N)C2(c3ccccc3)CC2)cc1C. The second-order valence-corrected chi connectivity index (χ2v) is 6.29. The van der Waals surface area contributed by atoms with Gasteiger partial charge in [0.2, 0.25) is 0 Å². The van der Waals surface area contributed by atoms with Gasteiger partial charge in [-0.25, -0.2) is 0 Å². The lowest BCUT2D eigenvalue weighted by Crippen LogP contribution is -2.27. The molecule has 1 nitrogen and oxygen atoms in total. The third kappa shape index (κ3) is 2.06. The summed E-state index contributed by atoms with van der Waals surface area (Å²) in [6.45, 7) is 6.53. The minimum atomic E-state index is 0.101. The Kier molecular flexibility index (Phi) is 3.18. The van der Waals surface area contributed by atoms with Crippen molar-refractivity contribution < 1.29 is 0 Å². The van der Waals surface area contributed by atoms with Gasteiger partial charge in [0.25, 0.3) is 0 Å². The summed E-state index contributed by atoms with van der Waals surface area (Å²) < 4.78 is 0. The molecule has 0 bridgehead atoms. The topological polar surface area (TPSA) is 26.0 Å². The molecule has 2 N–H and O–H groups in total. The first kappa shape index (κ1) is 13.4. The maximum absolute atomic E-state index is 6.69. The Morgan fingerprint density at radius 1 is 0.900 bits per heavy atom. The van der Waals surface area contributed by atoms with E-state index in [4.69, 9.17) is 5.73 Å². The Labute approximate surface area is 121 Å². The lowest BCUT2D eigenvalue weighted by atomic mass is 9.82. The average Bonchev–Trinajstić information content (AvgIpc) is 3.25. The van der Waals surface area contributed by atoms with Crippen LogP contribution in [0.3, 0.4) is 0 Å². The maximum Gasteiger partial charge on any atom is 0.0395 e. The van der Waals surface area contributed by atoms with E-state index in [1.165, 1.54) is 40.7 Å². The van der Waals surface area contributed by atoms with Crippen LogP contribution in [-0.4, -0.2) is 0 Å². The van der Waals surface area contributed by atoms with Crippen LogP contribution >= 0.6 is 0 Å². The summed E-state index contributed by atoms with van der Waals surface area (Å²) in [6.07, 6.45) is 2.40. The molecule has 0 heterocycles. The van der Waals surface area contributed by atoms with E-state index < -0.39 is 0 Å². The van der Waals surface area contributed by atoms with Gasteiger partial charge in [0.15, 0.2) is 0 Å². The van der Waals surface area contributed by atoms with Crippen LogP contribution in [0.2, 0.25) is 0 Å². The standard InChI is InChI=1S/C19H23N/c1-13-11-15(3)17(12-14(13)2)18(20)19(9-10-19)16-7-5-4-6-8-16/h4-8,11-12,18H,9-10,20H2,1-3H3. The van der Waals surface area contributed by atoms with Gasteiger partial charge in [-0.3, -0.25) is 0 Å². The molecule has 3 rings (SSSR count). The largest absolute Gasteiger partial charge is 0.323 e. The van der Waals surface area contributed by atoms with Gasteiger partial charge in [0.05, 0.1) is 0 Å². The summed E-state index contributed by atoms with van der Waals surface area (Å²) >= 11 is 0. The zero-order chi connectivity index (χ0) is 14.3. The third-order valence-corrected chi connectivity index (χ3v) is 4.95. The Bertz CT molecular complexity index is 624. The molecule has 2 aromatic rings. The highest BCUT2D eigenvalue weighted by Crippen LogP contribution is 2.55. The Morgan fingerprint density at radius 3 is 2.10 bits per heavy atom. The summed E-state index contributed by atoms with van der Waals surface area (Å²) in [5, 5.41) is 0. The Hall–Kier alpha value is -1.60. The molecular weight excluding hydrogens is 242 g/mol. The van der Waals surface area contributed by atoms with Crippen molar-refractivity contribution in [1.29, 1.82) is 0 Å². The highest BCUT2D eigenvalue weighted by Gasteiger charge is 2.49. The van der Waals surface area contributed by atoms with Crippen LogP contribution < -0.4 is 5.73 Å². The van der Waals surface area contributed by atoms with Crippen molar-refractivity contribution >= 4 is 0 Å². The molecule has 2 aromatic carbocycles. The maximum atomic E-state index is 6.69. The first-order valence-corrected chi connectivity index (χ1v) is 7.43. The Morgan fingerprint density at radius 2 is 1.50 bits per heavy atom. The van der Waals surface area contributed by atoms with E-state index in [2.05, 4.69) is 63.2 Å². The Balaban J connectivity index is 2.01. The zero-order valence-corrected chi connectivity index (χ0v) is 12.6. The molecule has 104 valence electrons. The van der Waals surface area contributed by atoms with Gasteiger partial charge in [0.1, 0.15) is 0 Å². The molecule has 1 atom stereocenters. The fourth-order valence-corrected chi connectivity index (χ4v) is 3.30. The number of aryl methyl sites for hydroxylation is 3. The quantitative estimate of drug-likeness (QED) is 0.877. The molecule has 1 aliphatic rings. The smallest absolute Gasteiger partial charge is 0.0395 e.